The van der Waals surface area contributed by atoms with Crippen LogP contribution in [0.3, 0.4) is 0 Å². The molecule has 1 aliphatic carbocycles. The molecule has 0 aromatic carbocycles. The van der Waals surface area contributed by atoms with Gasteiger partial charge in [-0.2, -0.15) is 0 Å². The Morgan fingerprint density at radius 3 is 2.72 bits per heavy atom. The molecule has 4 atom stereocenters. The maximum atomic E-state index is 9.11. The Balaban J connectivity index is 2.12. The molecule has 2 aliphatic rings. The Morgan fingerprint density at radius 2 is 2.06 bits per heavy atom. The summed E-state index contributed by atoms with van der Waals surface area (Å²) in [6.07, 6.45) is 5.33. The minimum Gasteiger partial charge on any atom is -0.396 e. The molecule has 1 heterocycles. The zero-order valence-corrected chi connectivity index (χ0v) is 12.0. The lowest BCUT2D eigenvalue weighted by Crippen LogP contribution is -2.54. The lowest BCUT2D eigenvalue weighted by atomic mass is 9.72. The van der Waals surface area contributed by atoms with Crippen LogP contribution in [0.2, 0.25) is 0 Å². The van der Waals surface area contributed by atoms with Gasteiger partial charge in [-0.15, -0.1) is 0 Å². The van der Waals surface area contributed by atoms with E-state index in [-0.39, 0.29) is 18.5 Å². The molecular weight excluding hydrogens is 228 g/mol. The van der Waals surface area contributed by atoms with Crippen LogP contribution in [-0.2, 0) is 9.47 Å². The molecule has 0 radical (unpaired) electrons. The largest absolute Gasteiger partial charge is 0.396 e. The van der Waals surface area contributed by atoms with E-state index in [4.69, 9.17) is 14.6 Å². The summed E-state index contributed by atoms with van der Waals surface area (Å²) in [5, 5.41) is 9.11. The Labute approximate surface area is 111 Å². The van der Waals surface area contributed by atoms with Crippen molar-refractivity contribution in [2.24, 2.45) is 17.8 Å². The van der Waals surface area contributed by atoms with E-state index in [1.54, 1.807) is 0 Å². The summed E-state index contributed by atoms with van der Waals surface area (Å²) in [5.74, 6) is 1.39. The number of rotatable bonds is 3. The number of aliphatic hydroxyl groups excluding tert-OH is 1. The van der Waals surface area contributed by atoms with Gasteiger partial charge in [-0.25, -0.2) is 0 Å². The molecule has 0 unspecified atom stereocenters. The monoisotopic (exact) mass is 256 g/mol. The summed E-state index contributed by atoms with van der Waals surface area (Å²) in [6.45, 7) is 7.82. The number of hydrogen-bond acceptors (Lipinski definition) is 3. The summed E-state index contributed by atoms with van der Waals surface area (Å²) in [5.41, 5.74) is 0. The van der Waals surface area contributed by atoms with Crippen molar-refractivity contribution in [3.8, 4) is 0 Å². The molecule has 2 rings (SSSR count). The molecule has 0 bridgehead atoms. The van der Waals surface area contributed by atoms with E-state index in [1.165, 1.54) is 12.8 Å². The molecule has 2 fully saturated rings. The van der Waals surface area contributed by atoms with Crippen molar-refractivity contribution < 1.29 is 14.6 Å². The molecule has 0 aromatic rings. The van der Waals surface area contributed by atoms with Gasteiger partial charge >= 0.3 is 0 Å². The standard InChI is InChI=1S/C15H28O3/c1-11(2)14-5-4-12(3)10-15(14)17-9-7-13(18-15)6-8-16/h11-14,16H,4-10H2,1-3H3/t12-,13-,14+,15+/m1/s1. The van der Waals surface area contributed by atoms with Gasteiger partial charge in [0.2, 0.25) is 0 Å². The maximum absolute atomic E-state index is 9.11. The predicted octanol–water partition coefficient (Wildman–Crippen LogP) is 2.96. The molecule has 0 amide bonds. The third-order valence-corrected chi connectivity index (χ3v) is 4.58. The number of ether oxygens (including phenoxy) is 2. The van der Waals surface area contributed by atoms with Gasteiger partial charge in [-0.3, -0.25) is 0 Å². The highest BCUT2D eigenvalue weighted by Crippen LogP contribution is 2.46. The number of hydrogen-bond donors (Lipinski definition) is 1. The van der Waals surface area contributed by atoms with Crippen LogP contribution in [0.4, 0.5) is 0 Å². The summed E-state index contributed by atoms with van der Waals surface area (Å²) in [4.78, 5) is 0. The lowest BCUT2D eigenvalue weighted by Gasteiger charge is -2.51. The first-order chi connectivity index (χ1) is 8.57. The highest BCUT2D eigenvalue weighted by Gasteiger charge is 2.49. The predicted molar refractivity (Wildman–Crippen MR) is 71.2 cm³/mol. The van der Waals surface area contributed by atoms with Crippen LogP contribution < -0.4 is 0 Å². The van der Waals surface area contributed by atoms with Crippen LogP contribution in [0.1, 0.15) is 52.9 Å². The van der Waals surface area contributed by atoms with E-state index < -0.39 is 0 Å². The maximum Gasteiger partial charge on any atom is 0.171 e. The number of aliphatic hydroxyl groups is 1. The van der Waals surface area contributed by atoms with E-state index in [0.29, 0.717) is 17.8 Å². The van der Waals surface area contributed by atoms with Gasteiger partial charge in [0.05, 0.1) is 12.7 Å². The van der Waals surface area contributed by atoms with Crippen LogP contribution in [0.5, 0.6) is 0 Å². The van der Waals surface area contributed by atoms with Crippen molar-refractivity contribution in [1.82, 2.24) is 0 Å². The summed E-state index contributed by atoms with van der Waals surface area (Å²) in [7, 11) is 0. The molecular formula is C15H28O3. The van der Waals surface area contributed by atoms with Crippen LogP contribution >= 0.6 is 0 Å². The van der Waals surface area contributed by atoms with Crippen molar-refractivity contribution >= 4 is 0 Å². The van der Waals surface area contributed by atoms with Gasteiger partial charge in [0.15, 0.2) is 5.79 Å². The first-order valence-electron chi connectivity index (χ1n) is 7.50. The lowest BCUT2D eigenvalue weighted by molar-refractivity contribution is -0.339. The van der Waals surface area contributed by atoms with Crippen molar-refractivity contribution in [3.63, 3.8) is 0 Å². The zero-order chi connectivity index (χ0) is 13.2. The van der Waals surface area contributed by atoms with Crippen molar-refractivity contribution in [2.75, 3.05) is 13.2 Å². The van der Waals surface area contributed by atoms with E-state index in [2.05, 4.69) is 20.8 Å². The van der Waals surface area contributed by atoms with Crippen LogP contribution in [0, 0.1) is 17.8 Å². The molecule has 1 aliphatic heterocycles. The summed E-state index contributed by atoms with van der Waals surface area (Å²) < 4.78 is 12.4. The molecule has 0 aromatic heterocycles. The minimum absolute atomic E-state index is 0.176. The van der Waals surface area contributed by atoms with Crippen molar-refractivity contribution in [3.05, 3.63) is 0 Å². The van der Waals surface area contributed by atoms with Gasteiger partial charge in [0.25, 0.3) is 0 Å². The van der Waals surface area contributed by atoms with Crippen molar-refractivity contribution in [1.29, 1.82) is 0 Å². The molecule has 1 saturated carbocycles. The van der Waals surface area contributed by atoms with Crippen LogP contribution in [0.25, 0.3) is 0 Å². The third-order valence-electron chi connectivity index (χ3n) is 4.58. The SMILES string of the molecule is CC(C)[C@@H]1CC[C@@H](C)C[C@@]12OCC[C@@H](CCO)O2. The van der Waals surface area contributed by atoms with E-state index in [0.717, 1.165) is 25.9 Å². The van der Waals surface area contributed by atoms with Gasteiger partial charge in [0.1, 0.15) is 0 Å². The molecule has 1 spiro atoms. The van der Waals surface area contributed by atoms with Crippen LogP contribution in [-0.4, -0.2) is 30.2 Å². The molecule has 3 heteroatoms. The highest BCUT2D eigenvalue weighted by molar-refractivity contribution is 4.91. The Bertz CT molecular complexity index is 264. The van der Waals surface area contributed by atoms with Gasteiger partial charge < -0.3 is 14.6 Å². The second-order valence-corrected chi connectivity index (χ2v) is 6.44. The molecule has 1 N–H and O–H groups in total. The second-order valence-electron chi connectivity index (χ2n) is 6.44. The average Bonchev–Trinajstić information content (AvgIpc) is 2.28. The molecule has 1 saturated heterocycles. The fourth-order valence-electron chi connectivity index (χ4n) is 3.65. The molecule has 18 heavy (non-hydrogen) atoms. The smallest absolute Gasteiger partial charge is 0.171 e. The topological polar surface area (TPSA) is 38.7 Å². The Morgan fingerprint density at radius 1 is 1.28 bits per heavy atom. The van der Waals surface area contributed by atoms with Gasteiger partial charge in [0, 0.05) is 18.9 Å². The van der Waals surface area contributed by atoms with E-state index in [1.807, 2.05) is 0 Å². The normalized spacial score (nSPS) is 41.5. The third kappa shape index (κ3) is 2.89. The first-order valence-corrected chi connectivity index (χ1v) is 7.50. The first kappa shape index (κ1) is 14.3. The Kier molecular flexibility index (Phi) is 4.68. The summed E-state index contributed by atoms with van der Waals surface area (Å²) >= 11 is 0. The fraction of sp³-hybridized carbons (Fsp3) is 1.00. The molecule has 106 valence electrons. The summed E-state index contributed by atoms with van der Waals surface area (Å²) in [6, 6.07) is 0. The van der Waals surface area contributed by atoms with Gasteiger partial charge in [-0.1, -0.05) is 27.2 Å². The zero-order valence-electron chi connectivity index (χ0n) is 12.0. The van der Waals surface area contributed by atoms with E-state index >= 15 is 0 Å². The van der Waals surface area contributed by atoms with Crippen LogP contribution in [0.15, 0.2) is 0 Å². The average molecular weight is 256 g/mol. The Hall–Kier alpha value is -0.120. The molecule has 3 nitrogen and oxygen atoms in total. The van der Waals surface area contributed by atoms with Crippen molar-refractivity contribution in [2.45, 2.75) is 64.8 Å². The quantitative estimate of drug-likeness (QED) is 0.843. The van der Waals surface area contributed by atoms with Gasteiger partial charge in [-0.05, 0) is 31.1 Å². The minimum atomic E-state index is -0.371. The second kappa shape index (κ2) is 5.89. The van der Waals surface area contributed by atoms with E-state index in [9.17, 15) is 0 Å². The fourth-order valence-corrected chi connectivity index (χ4v) is 3.65. The highest BCUT2D eigenvalue weighted by atomic mass is 16.7.